The average Bonchev–Trinajstić information content (AvgIpc) is 2.69. The van der Waals surface area contributed by atoms with Crippen molar-refractivity contribution in [1.29, 1.82) is 0 Å². The van der Waals surface area contributed by atoms with E-state index in [2.05, 4.69) is 10.2 Å². The summed E-state index contributed by atoms with van der Waals surface area (Å²) in [6.45, 7) is 7.53. The van der Waals surface area contributed by atoms with Gasteiger partial charge in [-0.15, -0.1) is 0 Å². The van der Waals surface area contributed by atoms with Crippen molar-refractivity contribution < 1.29 is 14.3 Å². The summed E-state index contributed by atoms with van der Waals surface area (Å²) < 4.78 is 5.31. The summed E-state index contributed by atoms with van der Waals surface area (Å²) in [7, 11) is 0. The van der Waals surface area contributed by atoms with Crippen LogP contribution in [0.25, 0.3) is 0 Å². The number of urea groups is 1. The lowest BCUT2D eigenvalue weighted by Gasteiger charge is -2.36. The zero-order valence-electron chi connectivity index (χ0n) is 15.7. The number of carbonyl (C=O) groups excluding carboxylic acids is 2. The first kappa shape index (κ1) is 19.9. The van der Waals surface area contributed by atoms with E-state index in [1.807, 2.05) is 36.1 Å². The second kappa shape index (κ2) is 9.39. The molecule has 3 amide bonds. The number of ether oxygens (including phenoxy) is 1. The van der Waals surface area contributed by atoms with E-state index in [-0.39, 0.29) is 18.0 Å². The van der Waals surface area contributed by atoms with Crippen LogP contribution in [0, 0.1) is 0 Å². The maximum absolute atomic E-state index is 12.5. The molecule has 2 fully saturated rings. The van der Waals surface area contributed by atoms with Gasteiger partial charge in [0.15, 0.2) is 0 Å². The smallest absolute Gasteiger partial charge is 0.317 e. The van der Waals surface area contributed by atoms with Crippen molar-refractivity contribution in [2.45, 2.75) is 13.0 Å². The van der Waals surface area contributed by atoms with E-state index in [1.54, 1.807) is 4.90 Å². The Morgan fingerprint density at radius 3 is 2.37 bits per heavy atom. The molecule has 0 bridgehead atoms. The van der Waals surface area contributed by atoms with Crippen LogP contribution < -0.4 is 5.32 Å². The molecule has 2 saturated heterocycles. The highest BCUT2D eigenvalue weighted by Crippen LogP contribution is 2.22. The number of benzene rings is 1. The summed E-state index contributed by atoms with van der Waals surface area (Å²) in [6, 6.07) is 7.21. The Bertz CT molecular complexity index is 658. The van der Waals surface area contributed by atoms with Crippen LogP contribution in [-0.4, -0.2) is 85.7 Å². The summed E-state index contributed by atoms with van der Waals surface area (Å²) in [5, 5.41) is 3.64. The minimum absolute atomic E-state index is 0.123. The molecule has 2 aliphatic rings. The molecule has 148 valence electrons. The van der Waals surface area contributed by atoms with Crippen LogP contribution >= 0.6 is 11.6 Å². The van der Waals surface area contributed by atoms with Crippen molar-refractivity contribution >= 4 is 23.5 Å². The SMILES string of the molecule is CC(NC(=O)N1CCN(C(=O)CN2CCOCC2)CC1)c1ccccc1Cl. The maximum atomic E-state index is 12.5. The Kier molecular flexibility index (Phi) is 6.93. The molecule has 2 aliphatic heterocycles. The third kappa shape index (κ3) is 5.34. The predicted molar refractivity (Wildman–Crippen MR) is 104 cm³/mol. The highest BCUT2D eigenvalue weighted by Gasteiger charge is 2.26. The zero-order valence-corrected chi connectivity index (χ0v) is 16.5. The van der Waals surface area contributed by atoms with E-state index in [0.29, 0.717) is 51.0 Å². The summed E-state index contributed by atoms with van der Waals surface area (Å²) >= 11 is 6.20. The van der Waals surface area contributed by atoms with Gasteiger partial charge in [-0.1, -0.05) is 29.8 Å². The van der Waals surface area contributed by atoms with E-state index in [9.17, 15) is 9.59 Å². The number of amides is 3. The molecule has 0 saturated carbocycles. The number of hydrogen-bond donors (Lipinski definition) is 1. The van der Waals surface area contributed by atoms with Gasteiger partial charge in [0.2, 0.25) is 5.91 Å². The first-order valence-corrected chi connectivity index (χ1v) is 9.80. The van der Waals surface area contributed by atoms with Gasteiger partial charge in [-0.25, -0.2) is 4.79 Å². The Hall–Kier alpha value is -1.83. The van der Waals surface area contributed by atoms with Gasteiger partial charge >= 0.3 is 6.03 Å². The van der Waals surface area contributed by atoms with Gasteiger partial charge in [-0.3, -0.25) is 9.69 Å². The average molecular weight is 395 g/mol. The molecule has 0 aromatic heterocycles. The fraction of sp³-hybridized carbons (Fsp3) is 0.579. The number of nitrogens with one attached hydrogen (secondary N) is 1. The molecule has 0 spiro atoms. The lowest BCUT2D eigenvalue weighted by atomic mass is 10.1. The van der Waals surface area contributed by atoms with E-state index in [0.717, 1.165) is 18.7 Å². The molecule has 0 radical (unpaired) electrons. The standard InChI is InChI=1S/C19H27ClN4O3/c1-15(16-4-2-3-5-17(16)20)21-19(26)24-8-6-23(7-9-24)18(25)14-22-10-12-27-13-11-22/h2-5,15H,6-14H2,1H3,(H,21,26). The van der Waals surface area contributed by atoms with Crippen molar-refractivity contribution in [3.05, 3.63) is 34.9 Å². The second-order valence-corrected chi connectivity index (χ2v) is 7.36. The Morgan fingerprint density at radius 1 is 1.07 bits per heavy atom. The molecule has 7 nitrogen and oxygen atoms in total. The minimum atomic E-state index is -0.174. The molecule has 1 aromatic carbocycles. The number of rotatable bonds is 4. The Morgan fingerprint density at radius 2 is 1.70 bits per heavy atom. The fourth-order valence-corrected chi connectivity index (χ4v) is 3.69. The summed E-state index contributed by atoms with van der Waals surface area (Å²) in [5.41, 5.74) is 0.895. The van der Waals surface area contributed by atoms with Crippen molar-refractivity contribution in [2.75, 3.05) is 59.0 Å². The molecule has 1 aromatic rings. The first-order valence-electron chi connectivity index (χ1n) is 9.42. The van der Waals surface area contributed by atoms with Crippen LogP contribution in [0.4, 0.5) is 4.79 Å². The van der Waals surface area contributed by atoms with Crippen molar-refractivity contribution in [3.63, 3.8) is 0 Å². The lowest BCUT2D eigenvalue weighted by molar-refractivity contribution is -0.134. The van der Waals surface area contributed by atoms with Crippen molar-refractivity contribution in [2.24, 2.45) is 0 Å². The Labute approximate surface area is 165 Å². The number of carbonyl (C=O) groups is 2. The van der Waals surface area contributed by atoms with Crippen LogP contribution in [0.15, 0.2) is 24.3 Å². The van der Waals surface area contributed by atoms with Gasteiger partial charge in [0.1, 0.15) is 0 Å². The van der Waals surface area contributed by atoms with Gasteiger partial charge < -0.3 is 19.9 Å². The van der Waals surface area contributed by atoms with E-state index < -0.39 is 0 Å². The highest BCUT2D eigenvalue weighted by molar-refractivity contribution is 6.31. The van der Waals surface area contributed by atoms with Crippen LogP contribution in [0.5, 0.6) is 0 Å². The second-order valence-electron chi connectivity index (χ2n) is 6.95. The summed E-state index contributed by atoms with van der Waals surface area (Å²) in [4.78, 5) is 30.7. The quantitative estimate of drug-likeness (QED) is 0.842. The highest BCUT2D eigenvalue weighted by atomic mass is 35.5. The molecule has 3 rings (SSSR count). The van der Waals surface area contributed by atoms with Gasteiger partial charge in [-0.05, 0) is 18.6 Å². The van der Waals surface area contributed by atoms with Crippen LogP contribution in [0.1, 0.15) is 18.5 Å². The van der Waals surface area contributed by atoms with Crippen LogP contribution in [-0.2, 0) is 9.53 Å². The number of piperazine rings is 1. The molecule has 1 N–H and O–H groups in total. The van der Waals surface area contributed by atoms with Gasteiger partial charge in [-0.2, -0.15) is 0 Å². The third-order valence-electron chi connectivity index (χ3n) is 5.09. The van der Waals surface area contributed by atoms with Crippen molar-refractivity contribution in [3.8, 4) is 0 Å². The van der Waals surface area contributed by atoms with E-state index >= 15 is 0 Å². The monoisotopic (exact) mass is 394 g/mol. The molecule has 1 atom stereocenters. The van der Waals surface area contributed by atoms with E-state index in [4.69, 9.17) is 16.3 Å². The minimum Gasteiger partial charge on any atom is -0.379 e. The number of halogens is 1. The number of nitrogens with zero attached hydrogens (tertiary/aromatic N) is 3. The number of morpholine rings is 1. The third-order valence-corrected chi connectivity index (χ3v) is 5.44. The molecular weight excluding hydrogens is 368 g/mol. The van der Waals surface area contributed by atoms with Gasteiger partial charge in [0.25, 0.3) is 0 Å². The molecular formula is C19H27ClN4O3. The van der Waals surface area contributed by atoms with Crippen LogP contribution in [0.2, 0.25) is 5.02 Å². The van der Waals surface area contributed by atoms with Crippen LogP contribution in [0.3, 0.4) is 0 Å². The maximum Gasteiger partial charge on any atom is 0.317 e. The number of hydrogen-bond acceptors (Lipinski definition) is 4. The molecule has 27 heavy (non-hydrogen) atoms. The molecule has 8 heteroatoms. The zero-order chi connectivity index (χ0) is 19.2. The molecule has 0 aliphatic carbocycles. The van der Waals surface area contributed by atoms with E-state index in [1.165, 1.54) is 0 Å². The topological polar surface area (TPSA) is 65.1 Å². The largest absolute Gasteiger partial charge is 0.379 e. The molecule has 1 unspecified atom stereocenters. The lowest BCUT2D eigenvalue weighted by Crippen LogP contribution is -2.55. The summed E-state index contributed by atoms with van der Waals surface area (Å²) in [5.74, 6) is 0.126. The van der Waals surface area contributed by atoms with Crippen molar-refractivity contribution in [1.82, 2.24) is 20.0 Å². The van der Waals surface area contributed by atoms with Gasteiger partial charge in [0.05, 0.1) is 25.8 Å². The fourth-order valence-electron chi connectivity index (χ4n) is 3.39. The predicted octanol–water partition coefficient (Wildman–Crippen LogP) is 1.59. The molecule has 2 heterocycles. The summed E-state index contributed by atoms with van der Waals surface area (Å²) in [6.07, 6.45) is 0. The van der Waals surface area contributed by atoms with Gasteiger partial charge in [0, 0.05) is 44.3 Å². The first-order chi connectivity index (χ1) is 13.0. The normalized spacial score (nSPS) is 19.6. The Balaban J connectivity index is 1.44.